The Labute approximate surface area is 160 Å². The van der Waals surface area contributed by atoms with Gasteiger partial charge in [-0.05, 0) is 32.3 Å². The molecule has 8 heteroatoms. The third kappa shape index (κ3) is 4.66. The number of nitriles is 1. The Bertz CT molecular complexity index is 805. The summed E-state index contributed by atoms with van der Waals surface area (Å²) in [7, 11) is -3.69. The first-order valence-electron chi connectivity index (χ1n) is 8.96. The van der Waals surface area contributed by atoms with Crippen molar-refractivity contribution in [1.82, 2.24) is 4.90 Å². The molecule has 6 nitrogen and oxygen atoms in total. The molecule has 27 heavy (non-hydrogen) atoms. The van der Waals surface area contributed by atoms with Crippen LogP contribution in [0.25, 0.3) is 0 Å². The second kappa shape index (κ2) is 8.36. The van der Waals surface area contributed by atoms with Crippen LogP contribution in [0.4, 0.5) is 4.39 Å². The molecule has 1 fully saturated rings. The van der Waals surface area contributed by atoms with Crippen LogP contribution in [0, 0.1) is 11.3 Å². The van der Waals surface area contributed by atoms with Gasteiger partial charge >= 0.3 is 0 Å². The van der Waals surface area contributed by atoms with Gasteiger partial charge in [0.05, 0.1) is 23.1 Å². The van der Waals surface area contributed by atoms with Gasteiger partial charge < -0.3 is 10.6 Å². The predicted molar refractivity (Wildman–Crippen MR) is 101 cm³/mol. The van der Waals surface area contributed by atoms with Crippen LogP contribution in [0.5, 0.6) is 0 Å². The van der Waals surface area contributed by atoms with Gasteiger partial charge in [-0.3, -0.25) is 4.79 Å². The van der Waals surface area contributed by atoms with Crippen LogP contribution in [-0.4, -0.2) is 54.5 Å². The van der Waals surface area contributed by atoms with Crippen LogP contribution in [0.3, 0.4) is 0 Å². The lowest BCUT2D eigenvalue weighted by molar-refractivity contribution is -0.133. The number of nitrogens with two attached hydrogens (primary N) is 1. The second-order valence-corrected chi connectivity index (χ2v) is 10.1. The molecule has 2 N–H and O–H groups in total. The van der Waals surface area contributed by atoms with E-state index in [0.29, 0.717) is 12.8 Å². The van der Waals surface area contributed by atoms with E-state index >= 15 is 0 Å². The molecule has 1 aliphatic heterocycles. The lowest BCUT2D eigenvalue weighted by atomic mass is 10.0. The van der Waals surface area contributed by atoms with Crippen molar-refractivity contribution in [2.45, 2.75) is 56.1 Å². The molecule has 148 valence electrons. The number of alkyl halides is 1. The van der Waals surface area contributed by atoms with Crippen molar-refractivity contribution in [2.24, 2.45) is 5.73 Å². The normalized spacial score (nSPS) is 21.7. The summed E-state index contributed by atoms with van der Waals surface area (Å²) in [5.74, 6) is -0.804. The van der Waals surface area contributed by atoms with Crippen LogP contribution < -0.4 is 5.73 Å². The van der Waals surface area contributed by atoms with Gasteiger partial charge in [-0.25, -0.2) is 12.8 Å². The van der Waals surface area contributed by atoms with Gasteiger partial charge in [0.2, 0.25) is 5.91 Å². The Morgan fingerprint density at radius 1 is 1.41 bits per heavy atom. The Morgan fingerprint density at radius 2 is 2.04 bits per heavy atom. The summed E-state index contributed by atoms with van der Waals surface area (Å²) in [5, 5.41) is 9.10. The number of hydrogen-bond donors (Lipinski definition) is 1. The van der Waals surface area contributed by atoms with E-state index in [0.717, 1.165) is 10.5 Å². The lowest BCUT2D eigenvalue weighted by Gasteiger charge is -2.33. The maximum atomic E-state index is 13.6. The molecule has 0 aromatic heterocycles. The van der Waals surface area contributed by atoms with Gasteiger partial charge in [-0.15, -0.1) is 0 Å². The SMILES string of the molecule is CC(C)([C@H](N)C(=O)N1C[C@@H](F)CC1C#N)S(=O)(=O)CCCc1ccccc1. The number of sulfone groups is 1. The molecule has 0 radical (unpaired) electrons. The Balaban J connectivity index is 2.05. The first-order valence-corrected chi connectivity index (χ1v) is 10.6. The number of rotatable bonds is 7. The molecule has 3 atom stereocenters. The molecular formula is C19H26FN3O3S. The molecule has 0 bridgehead atoms. The van der Waals surface area contributed by atoms with E-state index < -0.39 is 38.7 Å². The van der Waals surface area contributed by atoms with E-state index in [-0.39, 0.29) is 18.7 Å². The second-order valence-electron chi connectivity index (χ2n) is 7.46. The fourth-order valence-corrected chi connectivity index (χ4v) is 4.73. The molecule has 0 spiro atoms. The van der Waals surface area contributed by atoms with Crippen molar-refractivity contribution in [2.75, 3.05) is 12.3 Å². The lowest BCUT2D eigenvalue weighted by Crippen LogP contribution is -2.59. The summed E-state index contributed by atoms with van der Waals surface area (Å²) in [6.07, 6.45) is -0.352. The Hall–Kier alpha value is -1.98. The number of benzene rings is 1. The number of likely N-dealkylation sites (tertiary alicyclic amines) is 1. The number of amides is 1. The molecule has 2 rings (SSSR count). The zero-order chi connectivity index (χ0) is 20.2. The largest absolute Gasteiger partial charge is 0.322 e. The van der Waals surface area contributed by atoms with Crippen molar-refractivity contribution >= 4 is 15.7 Å². The Kier molecular flexibility index (Phi) is 6.60. The van der Waals surface area contributed by atoms with Crippen molar-refractivity contribution < 1.29 is 17.6 Å². The molecule has 1 unspecified atom stereocenters. The fraction of sp³-hybridized carbons (Fsp3) is 0.579. The first-order chi connectivity index (χ1) is 12.6. The van der Waals surface area contributed by atoms with Crippen LogP contribution in [-0.2, 0) is 21.1 Å². The summed E-state index contributed by atoms with van der Waals surface area (Å²) < 4.78 is 37.7. The minimum absolute atomic E-state index is 0.0702. The molecule has 1 heterocycles. The van der Waals surface area contributed by atoms with E-state index in [9.17, 15) is 17.6 Å². The third-order valence-electron chi connectivity index (χ3n) is 5.22. The van der Waals surface area contributed by atoms with Gasteiger partial charge in [0, 0.05) is 6.42 Å². The first kappa shape index (κ1) is 21.3. The molecule has 1 amide bonds. The average molecular weight is 396 g/mol. The van der Waals surface area contributed by atoms with Gasteiger partial charge in [0.25, 0.3) is 0 Å². The van der Waals surface area contributed by atoms with Crippen molar-refractivity contribution in [3.05, 3.63) is 35.9 Å². The van der Waals surface area contributed by atoms with Crippen LogP contribution in [0.15, 0.2) is 30.3 Å². The summed E-state index contributed by atoms with van der Waals surface area (Å²) in [4.78, 5) is 13.7. The number of hydrogen-bond acceptors (Lipinski definition) is 5. The van der Waals surface area contributed by atoms with Gasteiger partial charge in [0.1, 0.15) is 18.3 Å². The van der Waals surface area contributed by atoms with Crippen LogP contribution in [0.2, 0.25) is 0 Å². The zero-order valence-electron chi connectivity index (χ0n) is 15.6. The Morgan fingerprint density at radius 3 is 2.63 bits per heavy atom. The number of nitrogens with zero attached hydrogens (tertiary/aromatic N) is 2. The van der Waals surface area contributed by atoms with Crippen molar-refractivity contribution in [1.29, 1.82) is 5.26 Å². The number of carbonyl (C=O) groups is 1. The summed E-state index contributed by atoms with van der Waals surface area (Å²) in [6.45, 7) is 2.60. The summed E-state index contributed by atoms with van der Waals surface area (Å²) in [5.41, 5.74) is 7.04. The van der Waals surface area contributed by atoms with Gasteiger partial charge in [-0.1, -0.05) is 30.3 Å². The smallest absolute Gasteiger partial charge is 0.242 e. The highest BCUT2D eigenvalue weighted by Gasteiger charge is 2.47. The van der Waals surface area contributed by atoms with Crippen LogP contribution >= 0.6 is 0 Å². The van der Waals surface area contributed by atoms with Crippen LogP contribution in [0.1, 0.15) is 32.3 Å². The molecule has 0 aliphatic carbocycles. The predicted octanol–water partition coefficient (Wildman–Crippen LogP) is 1.60. The number of halogens is 1. The highest BCUT2D eigenvalue weighted by Crippen LogP contribution is 2.27. The number of carbonyl (C=O) groups excluding carboxylic acids is 1. The van der Waals surface area contributed by atoms with Gasteiger partial charge in [-0.2, -0.15) is 5.26 Å². The highest BCUT2D eigenvalue weighted by atomic mass is 32.2. The fourth-order valence-electron chi connectivity index (χ4n) is 3.19. The zero-order valence-corrected chi connectivity index (χ0v) is 16.5. The van der Waals surface area contributed by atoms with E-state index in [2.05, 4.69) is 0 Å². The molecule has 1 saturated heterocycles. The van der Waals surface area contributed by atoms with E-state index in [4.69, 9.17) is 11.0 Å². The molecule has 0 saturated carbocycles. The molecule has 1 aliphatic rings. The average Bonchev–Trinajstić information content (AvgIpc) is 3.01. The summed E-state index contributed by atoms with van der Waals surface area (Å²) >= 11 is 0. The molecule has 1 aromatic carbocycles. The maximum Gasteiger partial charge on any atom is 0.242 e. The topological polar surface area (TPSA) is 104 Å². The highest BCUT2D eigenvalue weighted by molar-refractivity contribution is 7.92. The standard InChI is InChI=1S/C19H26FN3O3S/c1-19(2,17(22)18(24)23-13-15(20)11-16(23)12-21)27(25,26)10-6-9-14-7-4-3-5-8-14/h3-5,7-8,15-17H,6,9-11,13,22H2,1-2H3/t15-,16?,17+/m0/s1. The molecule has 1 aromatic rings. The van der Waals surface area contributed by atoms with Crippen molar-refractivity contribution in [3.63, 3.8) is 0 Å². The third-order valence-corrected chi connectivity index (χ3v) is 7.90. The number of aryl methyl sites for hydroxylation is 1. The minimum Gasteiger partial charge on any atom is -0.322 e. The van der Waals surface area contributed by atoms with Gasteiger partial charge in [0.15, 0.2) is 9.84 Å². The van der Waals surface area contributed by atoms with E-state index in [1.54, 1.807) is 0 Å². The maximum absolute atomic E-state index is 13.6. The van der Waals surface area contributed by atoms with E-state index in [1.165, 1.54) is 13.8 Å². The molecular weight excluding hydrogens is 369 g/mol. The monoisotopic (exact) mass is 395 g/mol. The summed E-state index contributed by atoms with van der Waals surface area (Å²) in [6, 6.07) is 9.14. The quantitative estimate of drug-likeness (QED) is 0.755. The minimum atomic E-state index is -3.69. The van der Waals surface area contributed by atoms with Crippen molar-refractivity contribution in [3.8, 4) is 6.07 Å². The van der Waals surface area contributed by atoms with E-state index in [1.807, 2.05) is 36.4 Å².